The molecule has 0 aliphatic heterocycles. The minimum atomic E-state index is -0.277. The fourth-order valence-electron chi connectivity index (χ4n) is 1.13. The van der Waals surface area contributed by atoms with Crippen molar-refractivity contribution in [1.29, 1.82) is 0 Å². The van der Waals surface area contributed by atoms with Crippen molar-refractivity contribution in [2.75, 3.05) is 5.73 Å². The number of hydrogen-bond acceptors (Lipinski definition) is 4. The van der Waals surface area contributed by atoms with Gasteiger partial charge in [0.2, 0.25) is 5.88 Å². The number of aromatic nitrogens is 2. The van der Waals surface area contributed by atoms with Crippen LogP contribution in [0.2, 0.25) is 0 Å². The molecule has 0 saturated carbocycles. The zero-order valence-electron chi connectivity index (χ0n) is 8.11. The fraction of sp³-hybridized carbons (Fsp3) is 0. The second-order valence-electron chi connectivity index (χ2n) is 3.03. The molecule has 16 heavy (non-hydrogen) atoms. The van der Waals surface area contributed by atoms with Crippen LogP contribution in [0.25, 0.3) is 0 Å². The van der Waals surface area contributed by atoms with Crippen molar-refractivity contribution < 1.29 is 4.74 Å². The lowest BCUT2D eigenvalue weighted by Crippen LogP contribution is -2.04. The summed E-state index contributed by atoms with van der Waals surface area (Å²) in [4.78, 5) is 17.3. The normalized spacial score (nSPS) is 10.1. The van der Waals surface area contributed by atoms with Crippen LogP contribution in [0.1, 0.15) is 0 Å². The molecule has 2 aromatic rings. The van der Waals surface area contributed by atoms with Gasteiger partial charge in [0.15, 0.2) is 5.75 Å². The topological polar surface area (TPSA) is 81.0 Å². The van der Waals surface area contributed by atoms with E-state index >= 15 is 0 Å². The van der Waals surface area contributed by atoms with Crippen molar-refractivity contribution in [2.24, 2.45) is 0 Å². The number of nitrogens with zero attached hydrogens (tertiary/aromatic N) is 1. The molecule has 0 bridgehead atoms. The second-order valence-corrected chi connectivity index (χ2v) is 3.95. The molecule has 0 aliphatic rings. The molecule has 5 nitrogen and oxygen atoms in total. The lowest BCUT2D eigenvalue weighted by Gasteiger charge is -2.06. The van der Waals surface area contributed by atoms with Crippen LogP contribution in [0, 0.1) is 0 Å². The van der Waals surface area contributed by atoms with Gasteiger partial charge >= 0.3 is 0 Å². The third-order valence-electron chi connectivity index (χ3n) is 1.84. The summed E-state index contributed by atoms with van der Waals surface area (Å²) in [6.07, 6.45) is 1.27. The Hall–Kier alpha value is -1.82. The van der Waals surface area contributed by atoms with Crippen LogP contribution in [-0.4, -0.2) is 9.97 Å². The van der Waals surface area contributed by atoms with Crippen LogP contribution in [0.5, 0.6) is 11.6 Å². The first-order valence-corrected chi connectivity index (χ1v) is 5.22. The summed E-state index contributed by atoms with van der Waals surface area (Å²) >= 11 is 3.29. The molecule has 0 atom stereocenters. The summed E-state index contributed by atoms with van der Waals surface area (Å²) in [5, 5.41) is 0. The predicted molar refractivity (Wildman–Crippen MR) is 63.5 cm³/mol. The maximum absolute atomic E-state index is 11.0. The van der Waals surface area contributed by atoms with E-state index in [9.17, 15) is 4.79 Å². The van der Waals surface area contributed by atoms with Crippen LogP contribution in [-0.2, 0) is 0 Å². The molecule has 0 amide bonds. The van der Waals surface area contributed by atoms with Gasteiger partial charge < -0.3 is 15.5 Å². The van der Waals surface area contributed by atoms with E-state index in [0.29, 0.717) is 11.4 Å². The summed E-state index contributed by atoms with van der Waals surface area (Å²) in [6, 6.07) is 6.45. The highest BCUT2D eigenvalue weighted by Gasteiger charge is 2.03. The van der Waals surface area contributed by atoms with Crippen molar-refractivity contribution >= 4 is 21.6 Å². The van der Waals surface area contributed by atoms with E-state index in [1.165, 1.54) is 12.4 Å². The van der Waals surface area contributed by atoms with Gasteiger partial charge in [-0.1, -0.05) is 15.9 Å². The van der Waals surface area contributed by atoms with Crippen LogP contribution in [0.15, 0.2) is 39.9 Å². The minimum Gasteiger partial charge on any atom is -0.437 e. The molecule has 1 heterocycles. The first-order chi connectivity index (χ1) is 7.65. The Bertz CT molecular complexity index is 568. The van der Waals surface area contributed by atoms with Gasteiger partial charge in [0.05, 0.1) is 18.1 Å². The van der Waals surface area contributed by atoms with Crippen LogP contribution in [0.3, 0.4) is 0 Å². The summed E-state index contributed by atoms with van der Waals surface area (Å²) in [6.45, 7) is 0. The second kappa shape index (κ2) is 4.36. The molecule has 82 valence electrons. The molecule has 0 saturated heterocycles. The molecule has 0 aliphatic carbocycles. The quantitative estimate of drug-likeness (QED) is 0.824. The Morgan fingerprint density at radius 3 is 2.88 bits per heavy atom. The fourth-order valence-corrected chi connectivity index (χ4v) is 1.51. The summed E-state index contributed by atoms with van der Waals surface area (Å²) < 4.78 is 6.23. The first kappa shape index (κ1) is 10.7. The average Bonchev–Trinajstić information content (AvgIpc) is 2.22. The van der Waals surface area contributed by atoms with Crippen molar-refractivity contribution in [3.8, 4) is 11.6 Å². The zero-order valence-corrected chi connectivity index (χ0v) is 9.69. The number of benzene rings is 1. The summed E-state index contributed by atoms with van der Waals surface area (Å²) in [7, 11) is 0. The SMILES string of the molecule is Nc1cc(Br)ccc1Oc1cc(=O)[nH]cn1. The Kier molecular flexibility index (Phi) is 2.91. The Morgan fingerprint density at radius 2 is 2.19 bits per heavy atom. The zero-order chi connectivity index (χ0) is 11.5. The molecular formula is C10H8BrN3O2. The lowest BCUT2D eigenvalue weighted by atomic mass is 10.3. The molecule has 1 aromatic carbocycles. The highest BCUT2D eigenvalue weighted by atomic mass is 79.9. The van der Waals surface area contributed by atoms with Gasteiger partial charge in [-0.25, -0.2) is 4.98 Å². The van der Waals surface area contributed by atoms with Gasteiger partial charge in [-0.15, -0.1) is 0 Å². The molecule has 0 spiro atoms. The standard InChI is InChI=1S/C10H8BrN3O2/c11-6-1-2-8(7(12)3-6)16-10-4-9(15)13-5-14-10/h1-5H,12H2,(H,13,14,15). The number of halogens is 1. The van der Waals surface area contributed by atoms with E-state index in [2.05, 4.69) is 25.9 Å². The number of nitrogen functional groups attached to an aromatic ring is 1. The Morgan fingerprint density at radius 1 is 1.38 bits per heavy atom. The van der Waals surface area contributed by atoms with Crippen LogP contribution < -0.4 is 16.0 Å². The van der Waals surface area contributed by atoms with E-state index in [1.54, 1.807) is 18.2 Å². The number of rotatable bonds is 2. The lowest BCUT2D eigenvalue weighted by molar-refractivity contribution is 0.462. The number of nitrogens with one attached hydrogen (secondary N) is 1. The van der Waals surface area contributed by atoms with E-state index < -0.39 is 0 Å². The van der Waals surface area contributed by atoms with Gasteiger partial charge in [-0.3, -0.25) is 4.79 Å². The number of nitrogens with two attached hydrogens (primary N) is 1. The van der Waals surface area contributed by atoms with E-state index in [0.717, 1.165) is 4.47 Å². The summed E-state index contributed by atoms with van der Waals surface area (Å²) in [5.41, 5.74) is 5.93. The molecule has 0 fully saturated rings. The highest BCUT2D eigenvalue weighted by Crippen LogP contribution is 2.28. The average molecular weight is 282 g/mol. The number of H-pyrrole nitrogens is 1. The number of ether oxygens (including phenoxy) is 1. The minimum absolute atomic E-state index is 0.206. The van der Waals surface area contributed by atoms with E-state index in [-0.39, 0.29) is 11.4 Å². The van der Waals surface area contributed by atoms with Gasteiger partial charge in [0.1, 0.15) is 0 Å². The molecule has 1 aromatic heterocycles. The smallest absolute Gasteiger partial charge is 0.254 e. The van der Waals surface area contributed by atoms with Crippen molar-refractivity contribution in [3.63, 3.8) is 0 Å². The molecule has 0 unspecified atom stereocenters. The maximum atomic E-state index is 11.0. The largest absolute Gasteiger partial charge is 0.437 e. The maximum Gasteiger partial charge on any atom is 0.254 e. The Balaban J connectivity index is 2.30. The molecule has 3 N–H and O–H groups in total. The van der Waals surface area contributed by atoms with Crippen LogP contribution in [0.4, 0.5) is 5.69 Å². The van der Waals surface area contributed by atoms with Gasteiger partial charge in [-0.05, 0) is 18.2 Å². The third kappa shape index (κ3) is 2.40. The number of aromatic amines is 1. The molecule has 2 rings (SSSR count). The van der Waals surface area contributed by atoms with Gasteiger partial charge in [-0.2, -0.15) is 0 Å². The molecular weight excluding hydrogens is 274 g/mol. The van der Waals surface area contributed by atoms with Gasteiger partial charge in [0, 0.05) is 4.47 Å². The third-order valence-corrected chi connectivity index (χ3v) is 2.33. The van der Waals surface area contributed by atoms with E-state index in [1.807, 2.05) is 0 Å². The monoisotopic (exact) mass is 281 g/mol. The summed E-state index contributed by atoms with van der Waals surface area (Å²) in [5.74, 6) is 0.666. The highest BCUT2D eigenvalue weighted by molar-refractivity contribution is 9.10. The Labute approximate surface area is 99.4 Å². The molecule has 0 radical (unpaired) electrons. The van der Waals surface area contributed by atoms with Crippen molar-refractivity contribution in [2.45, 2.75) is 0 Å². The molecule has 6 heteroatoms. The first-order valence-electron chi connectivity index (χ1n) is 4.43. The predicted octanol–water partition coefficient (Wildman–Crippen LogP) is 1.91. The van der Waals surface area contributed by atoms with Gasteiger partial charge in [0.25, 0.3) is 5.56 Å². The number of hydrogen-bond donors (Lipinski definition) is 2. The number of anilines is 1. The van der Waals surface area contributed by atoms with E-state index in [4.69, 9.17) is 10.5 Å². The van der Waals surface area contributed by atoms with Crippen molar-refractivity contribution in [3.05, 3.63) is 45.4 Å². The van der Waals surface area contributed by atoms with Crippen LogP contribution >= 0.6 is 15.9 Å². The van der Waals surface area contributed by atoms with Crippen molar-refractivity contribution in [1.82, 2.24) is 9.97 Å².